The van der Waals surface area contributed by atoms with Crippen molar-refractivity contribution in [2.45, 2.75) is 38.3 Å². The van der Waals surface area contributed by atoms with Gasteiger partial charge in [0.2, 0.25) is 5.91 Å². The maximum absolute atomic E-state index is 12.5. The minimum absolute atomic E-state index is 0.00266. The molecule has 1 heterocycles. The molecule has 4 heteroatoms. The van der Waals surface area contributed by atoms with Crippen LogP contribution in [0.1, 0.15) is 36.4 Å². The van der Waals surface area contributed by atoms with E-state index in [1.54, 1.807) is 7.11 Å². The second-order valence-corrected chi connectivity index (χ2v) is 5.52. The summed E-state index contributed by atoms with van der Waals surface area (Å²) in [4.78, 5) is 14.4. The fourth-order valence-electron chi connectivity index (χ4n) is 2.79. The number of ether oxygens (including phenoxy) is 1. The van der Waals surface area contributed by atoms with Gasteiger partial charge in [-0.15, -0.1) is 0 Å². The van der Waals surface area contributed by atoms with Gasteiger partial charge in [0.25, 0.3) is 0 Å². The molecule has 0 spiro atoms. The van der Waals surface area contributed by atoms with E-state index in [0.717, 1.165) is 25.8 Å². The van der Waals surface area contributed by atoms with Crippen molar-refractivity contribution in [3.8, 4) is 0 Å². The van der Waals surface area contributed by atoms with Crippen molar-refractivity contribution < 1.29 is 9.53 Å². The van der Waals surface area contributed by atoms with E-state index < -0.39 is 6.04 Å². The third-order valence-electron chi connectivity index (χ3n) is 3.91. The van der Waals surface area contributed by atoms with Gasteiger partial charge in [-0.25, -0.2) is 0 Å². The summed E-state index contributed by atoms with van der Waals surface area (Å²) < 4.78 is 5.00. The topological polar surface area (TPSA) is 55.6 Å². The Morgan fingerprint density at radius 3 is 2.75 bits per heavy atom. The van der Waals surface area contributed by atoms with Crippen LogP contribution in [0.5, 0.6) is 0 Å². The Morgan fingerprint density at radius 2 is 2.10 bits per heavy atom. The van der Waals surface area contributed by atoms with Gasteiger partial charge >= 0.3 is 0 Å². The minimum atomic E-state index is -0.564. The average Bonchev–Trinajstić information content (AvgIpc) is 2.47. The molecule has 1 fully saturated rings. The van der Waals surface area contributed by atoms with Crippen molar-refractivity contribution in [2.75, 3.05) is 20.3 Å². The molecular formula is C16H24N2O2. The molecule has 2 atom stereocenters. The van der Waals surface area contributed by atoms with Crippen molar-refractivity contribution >= 4 is 5.91 Å². The molecule has 1 aromatic rings. The fourth-order valence-corrected chi connectivity index (χ4v) is 2.79. The van der Waals surface area contributed by atoms with Crippen molar-refractivity contribution in [3.05, 3.63) is 35.4 Å². The van der Waals surface area contributed by atoms with E-state index in [1.165, 1.54) is 11.1 Å². The molecule has 0 aliphatic carbocycles. The zero-order chi connectivity index (χ0) is 14.5. The average molecular weight is 276 g/mol. The summed E-state index contributed by atoms with van der Waals surface area (Å²) in [5.41, 5.74) is 8.34. The van der Waals surface area contributed by atoms with E-state index in [4.69, 9.17) is 10.5 Å². The summed E-state index contributed by atoms with van der Waals surface area (Å²) in [7, 11) is 1.57. The number of amides is 1. The highest BCUT2D eigenvalue weighted by Gasteiger charge is 2.30. The molecule has 4 nitrogen and oxygen atoms in total. The number of hydrogen-bond donors (Lipinski definition) is 1. The number of nitrogens with two attached hydrogens (primary N) is 1. The van der Waals surface area contributed by atoms with E-state index in [9.17, 15) is 4.79 Å². The molecule has 20 heavy (non-hydrogen) atoms. The fraction of sp³-hybridized carbons (Fsp3) is 0.562. The van der Waals surface area contributed by atoms with Crippen molar-refractivity contribution in [1.29, 1.82) is 0 Å². The quantitative estimate of drug-likeness (QED) is 0.915. The first-order chi connectivity index (χ1) is 9.63. The summed E-state index contributed by atoms with van der Waals surface area (Å²) >= 11 is 0. The van der Waals surface area contributed by atoms with Crippen LogP contribution in [0.3, 0.4) is 0 Å². The number of likely N-dealkylation sites (tertiary alicyclic amines) is 1. The predicted octanol–water partition coefficient (Wildman–Crippen LogP) is 2.02. The summed E-state index contributed by atoms with van der Waals surface area (Å²) in [5, 5.41) is 0. The standard InChI is InChI=1S/C16H24N2O2/c1-12-6-8-13(9-7-12)15-5-3-4-10-18(15)16(19)14(17)11-20-2/h6-9,14-15H,3-5,10-11,17H2,1-2H3. The van der Waals surface area contributed by atoms with Gasteiger partial charge in [0.15, 0.2) is 0 Å². The lowest BCUT2D eigenvalue weighted by Gasteiger charge is -2.37. The summed E-state index contributed by atoms with van der Waals surface area (Å²) in [5.74, 6) is -0.00266. The van der Waals surface area contributed by atoms with Crippen molar-refractivity contribution in [1.82, 2.24) is 4.90 Å². The van der Waals surface area contributed by atoms with Crippen LogP contribution in [0.4, 0.5) is 0 Å². The lowest BCUT2D eigenvalue weighted by atomic mass is 9.94. The molecule has 0 radical (unpaired) electrons. The van der Waals surface area contributed by atoms with E-state index in [2.05, 4.69) is 31.2 Å². The van der Waals surface area contributed by atoms with Crippen LogP contribution < -0.4 is 5.73 Å². The molecule has 0 saturated carbocycles. The van der Waals surface area contributed by atoms with Gasteiger partial charge in [-0.05, 0) is 31.7 Å². The Kier molecular flexibility index (Phi) is 5.15. The van der Waals surface area contributed by atoms with Crippen LogP contribution in [0.2, 0.25) is 0 Å². The molecule has 1 aromatic carbocycles. The number of rotatable bonds is 4. The largest absolute Gasteiger partial charge is 0.383 e. The molecule has 2 N–H and O–H groups in total. The lowest BCUT2D eigenvalue weighted by molar-refractivity contribution is -0.137. The van der Waals surface area contributed by atoms with E-state index in [0.29, 0.717) is 0 Å². The Morgan fingerprint density at radius 1 is 1.40 bits per heavy atom. The van der Waals surface area contributed by atoms with Gasteiger partial charge in [0.1, 0.15) is 6.04 Å². The molecule has 1 amide bonds. The summed E-state index contributed by atoms with van der Waals surface area (Å²) in [6, 6.07) is 8.02. The second-order valence-electron chi connectivity index (χ2n) is 5.52. The van der Waals surface area contributed by atoms with Gasteiger partial charge in [0.05, 0.1) is 12.6 Å². The van der Waals surface area contributed by atoms with Crippen LogP contribution in [0, 0.1) is 6.92 Å². The van der Waals surface area contributed by atoms with E-state index in [1.807, 2.05) is 4.90 Å². The number of carbonyl (C=O) groups excluding carboxylic acids is 1. The minimum Gasteiger partial charge on any atom is -0.383 e. The maximum atomic E-state index is 12.5. The Labute approximate surface area is 120 Å². The molecule has 110 valence electrons. The third-order valence-corrected chi connectivity index (χ3v) is 3.91. The van der Waals surface area contributed by atoms with Crippen molar-refractivity contribution in [2.24, 2.45) is 5.73 Å². The van der Waals surface area contributed by atoms with Gasteiger partial charge in [0, 0.05) is 13.7 Å². The first kappa shape index (κ1) is 15.0. The summed E-state index contributed by atoms with van der Waals surface area (Å²) in [6.07, 6.45) is 3.21. The number of carbonyl (C=O) groups is 1. The SMILES string of the molecule is COCC(N)C(=O)N1CCCCC1c1ccc(C)cc1. The second kappa shape index (κ2) is 6.86. The Hall–Kier alpha value is -1.39. The van der Waals surface area contributed by atoms with Crippen LogP contribution in [-0.4, -0.2) is 37.1 Å². The monoisotopic (exact) mass is 276 g/mol. The van der Waals surface area contributed by atoms with Crippen molar-refractivity contribution in [3.63, 3.8) is 0 Å². The zero-order valence-electron chi connectivity index (χ0n) is 12.3. The third kappa shape index (κ3) is 3.38. The van der Waals surface area contributed by atoms with Gasteiger partial charge in [-0.1, -0.05) is 29.8 Å². The molecule has 1 aliphatic rings. The number of aryl methyl sites for hydroxylation is 1. The Bertz CT molecular complexity index is 444. The first-order valence-corrected chi connectivity index (χ1v) is 7.25. The Balaban J connectivity index is 2.16. The van der Waals surface area contributed by atoms with Gasteiger partial charge in [-0.2, -0.15) is 0 Å². The molecule has 2 rings (SSSR count). The highest BCUT2D eigenvalue weighted by atomic mass is 16.5. The molecule has 1 aliphatic heterocycles. The highest BCUT2D eigenvalue weighted by molar-refractivity contribution is 5.82. The summed E-state index contributed by atoms with van der Waals surface area (Å²) in [6.45, 7) is 3.13. The number of nitrogens with zero attached hydrogens (tertiary/aromatic N) is 1. The van der Waals surface area contributed by atoms with Crippen LogP contribution in [-0.2, 0) is 9.53 Å². The molecular weight excluding hydrogens is 252 g/mol. The maximum Gasteiger partial charge on any atom is 0.242 e. The smallest absolute Gasteiger partial charge is 0.242 e. The van der Waals surface area contributed by atoms with Crippen LogP contribution in [0.25, 0.3) is 0 Å². The number of benzene rings is 1. The molecule has 0 aromatic heterocycles. The molecule has 0 bridgehead atoms. The van der Waals surface area contributed by atoms with Gasteiger partial charge in [-0.3, -0.25) is 4.79 Å². The number of hydrogen-bond acceptors (Lipinski definition) is 3. The zero-order valence-corrected chi connectivity index (χ0v) is 12.3. The van der Waals surface area contributed by atoms with E-state index in [-0.39, 0.29) is 18.6 Å². The van der Waals surface area contributed by atoms with Crippen LogP contribution in [0.15, 0.2) is 24.3 Å². The van der Waals surface area contributed by atoms with Gasteiger partial charge < -0.3 is 15.4 Å². The molecule has 2 unspecified atom stereocenters. The predicted molar refractivity (Wildman–Crippen MR) is 79.3 cm³/mol. The number of methoxy groups -OCH3 is 1. The van der Waals surface area contributed by atoms with E-state index >= 15 is 0 Å². The number of piperidine rings is 1. The molecule has 1 saturated heterocycles. The first-order valence-electron chi connectivity index (χ1n) is 7.25. The lowest BCUT2D eigenvalue weighted by Crippen LogP contribution is -2.49. The normalized spacial score (nSPS) is 20.8. The highest BCUT2D eigenvalue weighted by Crippen LogP contribution is 2.31. The van der Waals surface area contributed by atoms with Crippen LogP contribution >= 0.6 is 0 Å².